The van der Waals surface area contributed by atoms with Crippen LogP contribution < -0.4 is 42.5 Å². The molecule has 11 heterocycles. The van der Waals surface area contributed by atoms with E-state index in [4.69, 9.17) is 0 Å². The molecule has 31 nitrogen and oxygen atoms in total. The number of hydrogen-bond donors (Lipinski definition) is 11. The van der Waals surface area contributed by atoms with Crippen molar-refractivity contribution >= 4 is 130 Å². The minimum absolute atomic E-state index is 0.00329. The second-order valence-corrected chi connectivity index (χ2v) is 41.2. The summed E-state index contributed by atoms with van der Waals surface area (Å²) in [7, 11) is 0. The lowest BCUT2D eigenvalue weighted by Crippen LogP contribution is -2.63. The monoisotopic (exact) mass is 1860 g/mol. The fraction of sp³-hybridized carbons (Fsp3) is 0.571. The number of fused-ring (bicyclic) bond motifs is 4. The Morgan fingerprint density at radius 3 is 0.970 bits per heavy atom. The Morgan fingerprint density at radius 2 is 0.697 bits per heavy atom. The van der Waals surface area contributed by atoms with Crippen LogP contribution in [0, 0.1) is 40.5 Å². The zero-order chi connectivity index (χ0) is 92.7. The molecule has 8 aliphatic rings. The quantitative estimate of drug-likeness (QED) is 0.0207. The van der Waals surface area contributed by atoms with E-state index in [1.54, 1.807) is 35.8 Å². The number of likely N-dealkylation sites (tertiary alicyclic amines) is 4. The predicted molar refractivity (Wildman–Crippen MR) is 524 cm³/mol. The number of carbonyl (C=O) groups excluding carboxylic acids is 5. The molecule has 7 aromatic heterocycles. The van der Waals surface area contributed by atoms with E-state index in [9.17, 15) is 39.3 Å². The molecule has 0 atom stereocenters. The normalized spacial score (nSPS) is 23.5. The molecule has 4 amide bonds. The van der Waals surface area contributed by atoms with Crippen molar-refractivity contribution in [3.63, 3.8) is 0 Å². The summed E-state index contributed by atoms with van der Waals surface area (Å²) in [6.45, 7) is 33.4. The van der Waals surface area contributed by atoms with Crippen LogP contribution in [0.5, 0.6) is 0 Å². The van der Waals surface area contributed by atoms with Gasteiger partial charge in [-0.1, -0.05) is 53.4 Å². The predicted octanol–water partition coefficient (Wildman–Crippen LogP) is 12.2. The smallest absolute Gasteiger partial charge is 0.239 e. The van der Waals surface area contributed by atoms with Crippen molar-refractivity contribution in [2.75, 3.05) is 99.8 Å². The molecule has 708 valence electrons. The van der Waals surface area contributed by atoms with Crippen LogP contribution in [0.15, 0.2) is 96.8 Å². The number of hydrogen-bond acceptors (Lipinski definition) is 26. The minimum Gasteiger partial charge on any atom is -0.384 e. The molecule has 0 spiro atoms. The van der Waals surface area contributed by atoms with E-state index >= 15 is 0 Å². The first-order valence-electron chi connectivity index (χ1n) is 48.1. The van der Waals surface area contributed by atoms with Gasteiger partial charge in [0.2, 0.25) is 23.6 Å². The second-order valence-electron chi connectivity index (χ2n) is 38.0. The molecule has 8 fully saturated rings. The number of carbonyl (C=O) groups is 5. The molecule has 0 unspecified atom stereocenters. The molecule has 4 saturated heterocycles. The Morgan fingerprint density at radius 1 is 0.394 bits per heavy atom. The molecule has 0 radical (unpaired) electrons. The molecule has 19 rings (SSSR count). The van der Waals surface area contributed by atoms with Crippen LogP contribution in [0.2, 0.25) is 0 Å². The van der Waals surface area contributed by atoms with E-state index in [0.717, 1.165) is 279 Å². The Hall–Kier alpha value is -9.88. The maximum Gasteiger partial charge on any atom is 0.239 e. The first kappa shape index (κ1) is 95.3. The van der Waals surface area contributed by atoms with Gasteiger partial charge >= 0.3 is 0 Å². The molecule has 34 heteroatoms. The molecule has 0 bridgehead atoms. The standard InChI is InChI=1S/C26H36N6O2S.C25H34N6O2S.C24H32N6O2S.C23H33N5O2/c1-4-24-27-13-22(35-24)26(34)10-8-19(9-11-26)31-15-18(16-31)29-23(33)14-28-25-20-12-17(3)6-7-21(20)32(5-2)30-25;1-4-31-21-6-5-16(2)11-20(21)24(29-31)27-13-23(32)28-18-14-30(15-18)19-7-9-25(33,10-8-19)22-12-26-17(3)34-22;1-3-30-20-5-4-16(2)12-19(20)22(28-30)26-13-21(31)27-17-14-29(15-17)18-6-8-24(32,9-7-18)23-25-10-11-33-23;1-4-28-21-10-5-15(2)11-20(21)23(26-28)24-12-22(30)25-18-13-27(14-18)19-8-6-17(7-9-19)16(3)29/h6-7,12-13,18-19,34H,4-5,8-11,14-16H2,1-3H3,(H,28,30)(H,29,33);5-6,11-12,18-19,33H,4,7-10,13-15H2,1-3H3,(H,27,29)(H,28,32);4-5,10-12,17-18,32H,3,6-9,13-15H2,1-2H3,(H,26,28)(H,27,31);5,10-11,17-19H,4,6-9,12-14H2,1-3H3,(H,24,26)(H,25,30). The largest absolute Gasteiger partial charge is 0.384 e. The molecular formula is C98H135N23O8S3. The van der Waals surface area contributed by atoms with Crippen LogP contribution in [0.4, 0.5) is 23.3 Å². The summed E-state index contributed by atoms with van der Waals surface area (Å²) >= 11 is 4.79. The van der Waals surface area contributed by atoms with Gasteiger partial charge in [0.05, 0.1) is 92.2 Å². The number of thiazole rings is 3. The van der Waals surface area contributed by atoms with Crippen molar-refractivity contribution in [3.05, 3.63) is 144 Å². The lowest BCUT2D eigenvalue weighted by atomic mass is 9.80. The Labute approximate surface area is 785 Å². The Bertz CT molecular complexity index is 5800. The summed E-state index contributed by atoms with van der Waals surface area (Å²) in [5, 5.41) is 86.2. The molecule has 11 N–H and O–H groups in total. The summed E-state index contributed by atoms with van der Waals surface area (Å²) in [4.78, 5) is 86.5. The van der Waals surface area contributed by atoms with Gasteiger partial charge in [0.15, 0.2) is 23.3 Å². The van der Waals surface area contributed by atoms with Crippen molar-refractivity contribution in [3.8, 4) is 0 Å². The molecular weight excluding hydrogens is 1720 g/mol. The van der Waals surface area contributed by atoms with Crippen LogP contribution in [0.25, 0.3) is 43.6 Å². The van der Waals surface area contributed by atoms with Crippen molar-refractivity contribution in [1.82, 2.24) is 94.9 Å². The van der Waals surface area contributed by atoms with E-state index in [1.807, 2.05) is 43.4 Å². The zero-order valence-electron chi connectivity index (χ0n) is 78.6. The number of aromatic nitrogens is 11. The van der Waals surface area contributed by atoms with Gasteiger partial charge < -0.3 is 57.9 Å². The van der Waals surface area contributed by atoms with Crippen molar-refractivity contribution < 1.29 is 39.3 Å². The van der Waals surface area contributed by atoms with Crippen LogP contribution in [-0.2, 0) is 73.4 Å². The zero-order valence-corrected chi connectivity index (χ0v) is 81.0. The maximum absolute atomic E-state index is 12.6. The average molecular weight is 1860 g/mol. The van der Waals surface area contributed by atoms with Gasteiger partial charge in [-0.15, -0.1) is 34.0 Å². The molecule has 4 aromatic carbocycles. The van der Waals surface area contributed by atoms with Gasteiger partial charge in [0.25, 0.3) is 0 Å². The van der Waals surface area contributed by atoms with Gasteiger partial charge in [-0.2, -0.15) is 20.4 Å². The minimum atomic E-state index is -0.762. The van der Waals surface area contributed by atoms with Crippen LogP contribution in [-0.4, -0.2) is 245 Å². The van der Waals surface area contributed by atoms with E-state index in [0.29, 0.717) is 30.0 Å². The number of benzene rings is 4. The average Bonchev–Trinajstić information content (AvgIpc) is 1.61. The lowest BCUT2D eigenvalue weighted by Gasteiger charge is -2.48. The summed E-state index contributed by atoms with van der Waals surface area (Å²) in [5.74, 6) is 3.64. The third kappa shape index (κ3) is 22.2. The number of rotatable bonds is 29. The number of aliphatic hydroxyl groups is 3. The Kier molecular flexibility index (Phi) is 30.3. The summed E-state index contributed by atoms with van der Waals surface area (Å²) in [5.41, 5.74) is 6.82. The number of anilines is 4. The first-order valence-corrected chi connectivity index (χ1v) is 50.6. The number of Topliss-reactive ketones (excluding diaryl/α,β-unsaturated/α-hetero) is 1. The number of aryl methyl sites for hydroxylation is 10. The summed E-state index contributed by atoms with van der Waals surface area (Å²) in [6.07, 6.45) is 21.0. The van der Waals surface area contributed by atoms with Gasteiger partial charge in [0.1, 0.15) is 27.6 Å². The highest BCUT2D eigenvalue weighted by Gasteiger charge is 2.46. The van der Waals surface area contributed by atoms with Crippen LogP contribution in [0.3, 0.4) is 0 Å². The van der Waals surface area contributed by atoms with E-state index in [2.05, 4.69) is 233 Å². The number of nitrogens with one attached hydrogen (secondary N) is 8. The van der Waals surface area contributed by atoms with Crippen molar-refractivity contribution in [1.29, 1.82) is 0 Å². The van der Waals surface area contributed by atoms with E-state index in [1.165, 1.54) is 33.6 Å². The highest BCUT2D eigenvalue weighted by molar-refractivity contribution is 7.12. The van der Waals surface area contributed by atoms with Crippen molar-refractivity contribution in [2.24, 2.45) is 5.92 Å². The molecule has 11 aromatic rings. The van der Waals surface area contributed by atoms with Crippen molar-refractivity contribution in [2.45, 2.75) is 277 Å². The number of ketones is 1. The highest BCUT2D eigenvalue weighted by Crippen LogP contribution is 2.45. The van der Waals surface area contributed by atoms with E-state index < -0.39 is 16.8 Å². The molecule has 4 aliphatic heterocycles. The van der Waals surface area contributed by atoms with Gasteiger partial charge in [0, 0.05) is 154 Å². The molecule has 4 saturated carbocycles. The number of amides is 4. The maximum atomic E-state index is 12.6. The summed E-state index contributed by atoms with van der Waals surface area (Å²) < 4.78 is 7.83. The fourth-order valence-corrected chi connectivity index (χ4v) is 23.4. The summed E-state index contributed by atoms with van der Waals surface area (Å²) in [6, 6.07) is 27.9. The van der Waals surface area contributed by atoms with Gasteiger partial charge in [-0.05, 0) is 227 Å². The number of nitrogens with zero attached hydrogens (tertiary/aromatic N) is 15. The fourth-order valence-electron chi connectivity index (χ4n) is 20.6. The SMILES string of the molecule is CCc1ncc(C2(O)CCC(N3CC(NC(=O)CNc4nn(CC)c5ccc(C)cc45)C3)CC2)s1.CCn1nc(NCC(=O)NC2CN(C3CCC(C(C)=O)CC3)C2)c2cc(C)ccc21.CCn1nc(NCC(=O)NC2CN(C3CCC(O)(c4cnc(C)s4)CC3)C2)c2cc(C)ccc21.CCn1nc(NCC(=O)NC2CN(C3CCC(O)(c4nccs4)CC3)C2)c2cc(C)ccc21. The highest BCUT2D eigenvalue weighted by atomic mass is 32.1. The topological polar surface area (TPSA) is 365 Å². The lowest BCUT2D eigenvalue weighted by molar-refractivity contribution is -0.123. The first-order chi connectivity index (χ1) is 63.6. The molecule has 132 heavy (non-hydrogen) atoms. The van der Waals surface area contributed by atoms with E-state index in [-0.39, 0.29) is 79.9 Å². The van der Waals surface area contributed by atoms with Crippen LogP contribution >= 0.6 is 34.0 Å². The van der Waals surface area contributed by atoms with Crippen LogP contribution in [0.1, 0.15) is 191 Å². The third-order valence-electron chi connectivity index (χ3n) is 28.5. The molecule has 4 aliphatic carbocycles. The van der Waals surface area contributed by atoms with Gasteiger partial charge in [-0.25, -0.2) is 15.0 Å². The second kappa shape index (κ2) is 41.9. The third-order valence-corrected chi connectivity index (χ3v) is 31.9. The van der Waals surface area contributed by atoms with Gasteiger partial charge in [-0.3, -0.25) is 62.3 Å². The Balaban J connectivity index is 0.000000129.